The predicted molar refractivity (Wildman–Crippen MR) is 83.5 cm³/mol. The molecule has 1 unspecified atom stereocenters. The van der Waals surface area contributed by atoms with Crippen LogP contribution in [0.5, 0.6) is 0 Å². The van der Waals surface area contributed by atoms with E-state index in [4.69, 9.17) is 22.0 Å². The van der Waals surface area contributed by atoms with Gasteiger partial charge in [-0.1, -0.05) is 17.7 Å². The average Bonchev–Trinajstić information content (AvgIpc) is 2.41. The number of nitrogens with one attached hydrogen (secondary N) is 2. The molecule has 3 N–H and O–H groups in total. The number of carboxylic acids is 1. The largest absolute Gasteiger partial charge is 0.480 e. The van der Waals surface area contributed by atoms with Crippen molar-refractivity contribution >= 4 is 29.2 Å². The summed E-state index contributed by atoms with van der Waals surface area (Å²) in [5.41, 5.74) is 2.19. The number of rotatable bonds is 5. The zero-order valence-corrected chi connectivity index (χ0v) is 13.2. The van der Waals surface area contributed by atoms with Crippen molar-refractivity contribution in [2.45, 2.75) is 26.8 Å². The first-order valence-corrected chi connectivity index (χ1v) is 6.81. The van der Waals surface area contributed by atoms with Gasteiger partial charge in [0.05, 0.1) is 10.7 Å². The second-order valence-corrected chi connectivity index (χ2v) is 5.19. The molecule has 0 radical (unpaired) electrons. The maximum atomic E-state index is 11.8. The number of hydrogen-bond donors (Lipinski definition) is 3. The van der Waals surface area contributed by atoms with Crippen LogP contribution in [0.4, 0.5) is 5.69 Å². The van der Waals surface area contributed by atoms with Crippen LogP contribution >= 0.6 is 11.6 Å². The number of nitriles is 1. The summed E-state index contributed by atoms with van der Waals surface area (Å²) in [7, 11) is 0. The first kappa shape index (κ1) is 17.5. The molecule has 1 aromatic rings. The molecule has 0 bridgehead atoms. The molecule has 1 aromatic carbocycles. The van der Waals surface area contributed by atoms with Gasteiger partial charge in [0.15, 0.2) is 0 Å². The summed E-state index contributed by atoms with van der Waals surface area (Å²) >= 11 is 6.11. The maximum absolute atomic E-state index is 11.8. The molecule has 6 nitrogen and oxygen atoms in total. The Morgan fingerprint density at radius 3 is 2.55 bits per heavy atom. The Morgan fingerprint density at radius 2 is 2.05 bits per heavy atom. The summed E-state index contributed by atoms with van der Waals surface area (Å²) in [6, 6.07) is 4.29. The van der Waals surface area contributed by atoms with E-state index in [1.807, 2.05) is 19.9 Å². The van der Waals surface area contributed by atoms with Crippen molar-refractivity contribution in [1.82, 2.24) is 5.32 Å². The molecule has 0 saturated carbocycles. The number of nitrogens with zero attached hydrogens (tertiary/aromatic N) is 1. The van der Waals surface area contributed by atoms with Gasteiger partial charge in [0.2, 0.25) is 0 Å². The third kappa shape index (κ3) is 4.50. The van der Waals surface area contributed by atoms with Gasteiger partial charge in [-0.05, 0) is 38.0 Å². The van der Waals surface area contributed by atoms with Crippen molar-refractivity contribution in [3.8, 4) is 6.07 Å². The second kappa shape index (κ2) is 7.48. The van der Waals surface area contributed by atoms with Crippen LogP contribution in [0.2, 0.25) is 5.02 Å². The van der Waals surface area contributed by atoms with E-state index >= 15 is 0 Å². The highest BCUT2D eigenvalue weighted by Gasteiger charge is 2.17. The van der Waals surface area contributed by atoms with E-state index in [1.54, 1.807) is 12.1 Å². The summed E-state index contributed by atoms with van der Waals surface area (Å²) in [5.74, 6) is -1.96. The smallest absolute Gasteiger partial charge is 0.325 e. The topological polar surface area (TPSA) is 102 Å². The lowest BCUT2D eigenvalue weighted by Crippen LogP contribution is -2.39. The van der Waals surface area contributed by atoms with E-state index in [0.717, 1.165) is 11.1 Å². The van der Waals surface area contributed by atoms with Crippen molar-refractivity contribution in [1.29, 1.82) is 5.26 Å². The molecule has 0 fully saturated rings. The molecule has 0 spiro atoms. The highest BCUT2D eigenvalue weighted by atomic mass is 35.5. The number of carbonyl (C=O) groups is 2. The Bertz CT molecular complexity index is 654. The molecule has 116 valence electrons. The summed E-state index contributed by atoms with van der Waals surface area (Å²) in [5, 5.41) is 23.2. The van der Waals surface area contributed by atoms with Crippen LogP contribution < -0.4 is 10.6 Å². The fourth-order valence-corrected chi connectivity index (χ4v) is 2.10. The third-order valence-corrected chi connectivity index (χ3v) is 3.17. The lowest BCUT2D eigenvalue weighted by atomic mass is 10.1. The van der Waals surface area contributed by atoms with E-state index in [-0.39, 0.29) is 5.57 Å². The van der Waals surface area contributed by atoms with Crippen LogP contribution in [0, 0.1) is 25.2 Å². The number of hydrogen-bond acceptors (Lipinski definition) is 4. The number of benzene rings is 1. The Morgan fingerprint density at radius 1 is 1.41 bits per heavy atom. The van der Waals surface area contributed by atoms with Crippen molar-refractivity contribution in [2.75, 3.05) is 5.32 Å². The van der Waals surface area contributed by atoms with Crippen LogP contribution in [0.15, 0.2) is 23.9 Å². The molecule has 1 amide bonds. The average molecular weight is 322 g/mol. The van der Waals surface area contributed by atoms with Crippen molar-refractivity contribution in [3.63, 3.8) is 0 Å². The van der Waals surface area contributed by atoms with Gasteiger partial charge >= 0.3 is 5.97 Å². The Labute approximate surface area is 133 Å². The molecular weight excluding hydrogens is 306 g/mol. The monoisotopic (exact) mass is 321 g/mol. The summed E-state index contributed by atoms with van der Waals surface area (Å²) < 4.78 is 0. The van der Waals surface area contributed by atoms with Crippen molar-refractivity contribution < 1.29 is 14.7 Å². The molecule has 22 heavy (non-hydrogen) atoms. The first-order valence-electron chi connectivity index (χ1n) is 6.43. The summed E-state index contributed by atoms with van der Waals surface area (Å²) in [6.45, 7) is 5.05. The predicted octanol–water partition coefficient (Wildman–Crippen LogP) is 2.37. The number of anilines is 1. The van der Waals surface area contributed by atoms with Gasteiger partial charge in [-0.3, -0.25) is 9.59 Å². The number of halogens is 1. The van der Waals surface area contributed by atoms with E-state index in [9.17, 15) is 9.59 Å². The number of aliphatic carboxylic acids is 1. The molecule has 1 atom stereocenters. The van der Waals surface area contributed by atoms with Gasteiger partial charge in [0.25, 0.3) is 5.91 Å². The zero-order valence-electron chi connectivity index (χ0n) is 12.4. The summed E-state index contributed by atoms with van der Waals surface area (Å²) in [4.78, 5) is 22.5. The molecule has 0 aliphatic heterocycles. The fourth-order valence-electron chi connectivity index (χ4n) is 1.73. The van der Waals surface area contributed by atoms with E-state index < -0.39 is 17.9 Å². The Balaban J connectivity index is 2.94. The third-order valence-electron chi connectivity index (χ3n) is 2.88. The quantitative estimate of drug-likeness (QED) is 0.570. The van der Waals surface area contributed by atoms with E-state index in [0.29, 0.717) is 10.7 Å². The van der Waals surface area contributed by atoms with Gasteiger partial charge in [0.1, 0.15) is 17.7 Å². The Kier molecular flexibility index (Phi) is 5.96. The minimum absolute atomic E-state index is 0.246. The number of carboxylic acid groups (broad SMARTS) is 1. The lowest BCUT2D eigenvalue weighted by molar-refractivity contribution is -0.140. The highest BCUT2D eigenvalue weighted by molar-refractivity contribution is 6.33. The highest BCUT2D eigenvalue weighted by Crippen LogP contribution is 2.27. The van der Waals surface area contributed by atoms with Gasteiger partial charge in [-0.15, -0.1) is 0 Å². The van der Waals surface area contributed by atoms with Crippen LogP contribution in [0.1, 0.15) is 18.1 Å². The maximum Gasteiger partial charge on any atom is 0.325 e. The van der Waals surface area contributed by atoms with Crippen LogP contribution in [0.25, 0.3) is 0 Å². The van der Waals surface area contributed by atoms with Crippen molar-refractivity contribution in [2.24, 2.45) is 0 Å². The van der Waals surface area contributed by atoms with Crippen LogP contribution in [0.3, 0.4) is 0 Å². The second-order valence-electron chi connectivity index (χ2n) is 4.79. The van der Waals surface area contributed by atoms with E-state index in [2.05, 4.69) is 10.6 Å². The number of carbonyl (C=O) groups excluding carboxylic acids is 1. The Hall–Kier alpha value is -2.52. The lowest BCUT2D eigenvalue weighted by Gasteiger charge is -2.11. The van der Waals surface area contributed by atoms with Crippen LogP contribution in [-0.4, -0.2) is 23.0 Å². The zero-order chi connectivity index (χ0) is 16.9. The van der Waals surface area contributed by atoms with Crippen LogP contribution in [-0.2, 0) is 9.59 Å². The molecule has 0 aliphatic carbocycles. The minimum atomic E-state index is -1.18. The van der Waals surface area contributed by atoms with Gasteiger partial charge in [-0.25, -0.2) is 0 Å². The van der Waals surface area contributed by atoms with Gasteiger partial charge in [-0.2, -0.15) is 5.26 Å². The first-order chi connectivity index (χ1) is 10.3. The molecule has 0 aromatic heterocycles. The number of aryl methyl sites for hydroxylation is 2. The van der Waals surface area contributed by atoms with Gasteiger partial charge < -0.3 is 15.7 Å². The fraction of sp³-hybridized carbons (Fsp3) is 0.267. The number of amides is 1. The van der Waals surface area contributed by atoms with Crippen molar-refractivity contribution in [3.05, 3.63) is 40.1 Å². The van der Waals surface area contributed by atoms with Gasteiger partial charge in [0, 0.05) is 6.20 Å². The normalized spacial score (nSPS) is 12.2. The molecule has 0 aliphatic rings. The SMILES string of the molecule is Cc1cc(C)c(N/C=C(/C#N)C(=O)NC(C)C(=O)O)c(Cl)c1. The van der Waals surface area contributed by atoms with E-state index in [1.165, 1.54) is 13.1 Å². The molecule has 0 saturated heterocycles. The molecular formula is C15H16ClN3O3. The molecule has 7 heteroatoms. The summed E-state index contributed by atoms with van der Waals surface area (Å²) in [6.07, 6.45) is 1.20. The minimum Gasteiger partial charge on any atom is -0.480 e. The molecule has 0 heterocycles. The standard InChI is InChI=1S/C15H16ClN3O3/c1-8-4-9(2)13(12(16)5-8)18-7-11(6-17)14(20)19-10(3)15(21)22/h4-5,7,10,18H,1-3H3,(H,19,20)(H,21,22)/b11-7-. The molecule has 1 rings (SSSR count).